The second-order valence-electron chi connectivity index (χ2n) is 5.80. The lowest BCUT2D eigenvalue weighted by Crippen LogP contribution is -2.23. The van der Waals surface area contributed by atoms with Crippen LogP contribution in [0.15, 0.2) is 18.3 Å². The van der Waals surface area contributed by atoms with Gasteiger partial charge in [-0.3, -0.25) is 4.98 Å². The molecule has 0 amide bonds. The number of anilines is 1. The van der Waals surface area contributed by atoms with Gasteiger partial charge in [-0.05, 0) is 30.5 Å². The maximum atomic E-state index is 4.41. The zero-order valence-electron chi connectivity index (χ0n) is 12.4. The quantitative estimate of drug-likeness (QED) is 0.805. The van der Waals surface area contributed by atoms with Crippen LogP contribution in [-0.2, 0) is 6.54 Å². The molecule has 0 radical (unpaired) electrons. The highest BCUT2D eigenvalue weighted by atomic mass is 15.1. The minimum Gasteiger partial charge on any atom is -0.374 e. The van der Waals surface area contributed by atoms with E-state index in [1.54, 1.807) is 0 Å². The maximum Gasteiger partial charge on any atom is 0.0562 e. The van der Waals surface area contributed by atoms with Crippen LogP contribution < -0.4 is 10.2 Å². The second kappa shape index (κ2) is 7.37. The molecule has 1 aromatic rings. The Morgan fingerprint density at radius 2 is 1.94 bits per heavy atom. The topological polar surface area (TPSA) is 28.2 Å². The van der Waals surface area contributed by atoms with E-state index in [2.05, 4.69) is 62.1 Å². The predicted octanol–water partition coefficient (Wildman–Crippen LogP) is 2.92. The summed E-state index contributed by atoms with van der Waals surface area (Å²) in [4.78, 5) is 6.70. The standard InChI is InChI=1S/C15H27N3/c1-12(2)9-16-10-14-8-15(6-7-17-14)18(5)11-13(3)4/h6-8,12-13,16H,9-11H2,1-5H3. The lowest BCUT2D eigenvalue weighted by molar-refractivity contribution is 0.548. The summed E-state index contributed by atoms with van der Waals surface area (Å²) in [6, 6.07) is 4.25. The van der Waals surface area contributed by atoms with Crippen LogP contribution in [0.3, 0.4) is 0 Å². The molecule has 0 saturated carbocycles. The molecule has 0 atom stereocenters. The van der Waals surface area contributed by atoms with E-state index in [0.717, 1.165) is 25.3 Å². The average Bonchev–Trinajstić information content (AvgIpc) is 2.28. The second-order valence-corrected chi connectivity index (χ2v) is 5.80. The molecule has 0 spiro atoms. The highest BCUT2D eigenvalue weighted by molar-refractivity contribution is 5.45. The van der Waals surface area contributed by atoms with Gasteiger partial charge in [0.15, 0.2) is 0 Å². The molecule has 0 bridgehead atoms. The van der Waals surface area contributed by atoms with Crippen molar-refractivity contribution in [3.63, 3.8) is 0 Å². The van der Waals surface area contributed by atoms with Gasteiger partial charge >= 0.3 is 0 Å². The van der Waals surface area contributed by atoms with Gasteiger partial charge in [-0.25, -0.2) is 0 Å². The van der Waals surface area contributed by atoms with Gasteiger partial charge in [0.25, 0.3) is 0 Å². The maximum absolute atomic E-state index is 4.41. The first-order valence-electron chi connectivity index (χ1n) is 6.85. The highest BCUT2D eigenvalue weighted by Gasteiger charge is 2.05. The molecule has 1 aromatic heterocycles. The van der Waals surface area contributed by atoms with E-state index >= 15 is 0 Å². The number of rotatable bonds is 7. The Labute approximate surface area is 112 Å². The molecule has 0 fully saturated rings. The molecule has 102 valence electrons. The first-order valence-corrected chi connectivity index (χ1v) is 6.85. The van der Waals surface area contributed by atoms with Crippen LogP contribution in [0.1, 0.15) is 33.4 Å². The largest absolute Gasteiger partial charge is 0.374 e. The van der Waals surface area contributed by atoms with Crippen LogP contribution in [0.2, 0.25) is 0 Å². The summed E-state index contributed by atoms with van der Waals surface area (Å²) in [7, 11) is 2.14. The number of aromatic nitrogens is 1. The van der Waals surface area contributed by atoms with Gasteiger partial charge in [0.05, 0.1) is 5.69 Å². The third-order valence-corrected chi connectivity index (χ3v) is 2.74. The van der Waals surface area contributed by atoms with Crippen LogP contribution in [0, 0.1) is 11.8 Å². The third-order valence-electron chi connectivity index (χ3n) is 2.74. The van der Waals surface area contributed by atoms with Gasteiger partial charge in [-0.1, -0.05) is 27.7 Å². The van der Waals surface area contributed by atoms with Gasteiger partial charge in [0.2, 0.25) is 0 Å². The summed E-state index contributed by atoms with van der Waals surface area (Å²) in [6.45, 7) is 11.9. The molecule has 1 N–H and O–H groups in total. The van der Waals surface area contributed by atoms with Crippen LogP contribution in [0.25, 0.3) is 0 Å². The summed E-state index contributed by atoms with van der Waals surface area (Å²) in [5.41, 5.74) is 2.36. The van der Waals surface area contributed by atoms with Crippen LogP contribution in [0.4, 0.5) is 5.69 Å². The Morgan fingerprint density at radius 1 is 1.22 bits per heavy atom. The van der Waals surface area contributed by atoms with Crippen molar-refractivity contribution in [3.05, 3.63) is 24.0 Å². The van der Waals surface area contributed by atoms with Gasteiger partial charge in [0.1, 0.15) is 0 Å². The molecule has 0 unspecified atom stereocenters. The summed E-state index contributed by atoms with van der Waals surface area (Å²) in [6.07, 6.45) is 1.90. The molecule has 1 rings (SSSR count). The van der Waals surface area contributed by atoms with E-state index in [4.69, 9.17) is 0 Å². The molecule has 3 nitrogen and oxygen atoms in total. The number of nitrogens with zero attached hydrogens (tertiary/aromatic N) is 2. The molecule has 0 aliphatic carbocycles. The SMILES string of the molecule is CC(C)CNCc1cc(N(C)CC(C)C)ccn1. The monoisotopic (exact) mass is 249 g/mol. The summed E-state index contributed by atoms with van der Waals surface area (Å²) in [5, 5.41) is 3.43. The summed E-state index contributed by atoms with van der Waals surface area (Å²) in [5.74, 6) is 1.35. The number of pyridine rings is 1. The molecule has 18 heavy (non-hydrogen) atoms. The molecule has 0 saturated heterocycles. The van der Waals surface area contributed by atoms with E-state index < -0.39 is 0 Å². The van der Waals surface area contributed by atoms with Crippen molar-refractivity contribution < 1.29 is 0 Å². The Balaban J connectivity index is 2.56. The fourth-order valence-electron chi connectivity index (χ4n) is 1.94. The van der Waals surface area contributed by atoms with E-state index in [9.17, 15) is 0 Å². The lowest BCUT2D eigenvalue weighted by atomic mass is 10.2. The van der Waals surface area contributed by atoms with Gasteiger partial charge in [-0.15, -0.1) is 0 Å². The van der Waals surface area contributed by atoms with Crippen molar-refractivity contribution in [1.82, 2.24) is 10.3 Å². The Kier molecular flexibility index (Phi) is 6.13. The molecule has 0 aliphatic rings. The van der Waals surface area contributed by atoms with E-state index in [0.29, 0.717) is 11.8 Å². The first kappa shape index (κ1) is 15.0. The third kappa shape index (κ3) is 5.50. The average molecular weight is 249 g/mol. The normalized spacial score (nSPS) is 11.3. The van der Waals surface area contributed by atoms with E-state index in [-0.39, 0.29) is 0 Å². The van der Waals surface area contributed by atoms with Crippen LogP contribution >= 0.6 is 0 Å². The van der Waals surface area contributed by atoms with Crippen molar-refractivity contribution >= 4 is 5.69 Å². The molecule has 0 aliphatic heterocycles. The minimum atomic E-state index is 0.672. The van der Waals surface area contributed by atoms with E-state index in [1.807, 2.05) is 6.20 Å². The molecular weight excluding hydrogens is 222 g/mol. The summed E-state index contributed by atoms with van der Waals surface area (Å²) >= 11 is 0. The van der Waals surface area contributed by atoms with Gasteiger partial charge in [0, 0.05) is 32.0 Å². The number of hydrogen-bond acceptors (Lipinski definition) is 3. The Bertz CT molecular complexity index is 347. The van der Waals surface area contributed by atoms with Crippen molar-refractivity contribution in [2.24, 2.45) is 11.8 Å². The van der Waals surface area contributed by atoms with Crippen LogP contribution in [0.5, 0.6) is 0 Å². The number of nitrogens with one attached hydrogen (secondary N) is 1. The Morgan fingerprint density at radius 3 is 2.56 bits per heavy atom. The molecular formula is C15H27N3. The van der Waals surface area contributed by atoms with Crippen molar-refractivity contribution in [3.8, 4) is 0 Å². The zero-order valence-corrected chi connectivity index (χ0v) is 12.4. The molecule has 3 heteroatoms. The summed E-state index contributed by atoms with van der Waals surface area (Å²) < 4.78 is 0. The van der Waals surface area contributed by atoms with Gasteiger partial charge in [-0.2, -0.15) is 0 Å². The highest BCUT2D eigenvalue weighted by Crippen LogP contribution is 2.14. The Hall–Kier alpha value is -1.09. The van der Waals surface area contributed by atoms with Gasteiger partial charge < -0.3 is 10.2 Å². The number of hydrogen-bond donors (Lipinski definition) is 1. The lowest BCUT2D eigenvalue weighted by Gasteiger charge is -2.21. The zero-order chi connectivity index (χ0) is 13.5. The predicted molar refractivity (Wildman–Crippen MR) is 78.9 cm³/mol. The van der Waals surface area contributed by atoms with Crippen LogP contribution in [-0.4, -0.2) is 25.1 Å². The smallest absolute Gasteiger partial charge is 0.0562 e. The first-order chi connectivity index (χ1) is 8.49. The fraction of sp³-hybridized carbons (Fsp3) is 0.667. The molecule has 1 heterocycles. The molecule has 0 aromatic carbocycles. The van der Waals surface area contributed by atoms with E-state index in [1.165, 1.54) is 5.69 Å². The van der Waals surface area contributed by atoms with Crippen molar-refractivity contribution in [2.45, 2.75) is 34.2 Å². The van der Waals surface area contributed by atoms with Crippen molar-refractivity contribution in [1.29, 1.82) is 0 Å². The minimum absolute atomic E-state index is 0.672. The van der Waals surface area contributed by atoms with Crippen molar-refractivity contribution in [2.75, 3.05) is 25.0 Å². The fourth-order valence-corrected chi connectivity index (χ4v) is 1.94.